The van der Waals surface area contributed by atoms with Crippen molar-refractivity contribution in [1.29, 1.82) is 0 Å². The number of aromatic carboxylic acids is 1. The number of hydrogen-bond donors (Lipinski definition) is 3. The van der Waals surface area contributed by atoms with Crippen molar-refractivity contribution in [3.63, 3.8) is 0 Å². The van der Waals surface area contributed by atoms with Crippen LogP contribution in [0, 0.1) is 24.0 Å². The van der Waals surface area contributed by atoms with E-state index in [1.807, 2.05) is 26.0 Å². The molecular formula is C29H22N4O6. The lowest BCUT2D eigenvalue weighted by Gasteiger charge is -2.18. The molecule has 0 aliphatic carbocycles. The fourth-order valence-corrected chi connectivity index (χ4v) is 4.38. The first-order valence-corrected chi connectivity index (χ1v) is 11.9. The van der Waals surface area contributed by atoms with Gasteiger partial charge in [-0.25, -0.2) is 4.79 Å². The summed E-state index contributed by atoms with van der Waals surface area (Å²) in [6.07, 6.45) is 0. The van der Waals surface area contributed by atoms with Gasteiger partial charge in [0.25, 0.3) is 11.6 Å². The third kappa shape index (κ3) is 4.55. The Hall–Kier alpha value is -5.51. The number of nitrogens with one attached hydrogen (secondary N) is 1. The number of hydrazone groups is 1. The average molecular weight is 523 g/mol. The first kappa shape index (κ1) is 25.2. The Labute approximate surface area is 222 Å². The summed E-state index contributed by atoms with van der Waals surface area (Å²) < 4.78 is 0. The van der Waals surface area contributed by atoms with Gasteiger partial charge in [-0.3, -0.25) is 25.2 Å². The molecule has 0 atom stereocenters. The van der Waals surface area contributed by atoms with Crippen LogP contribution in [0.2, 0.25) is 0 Å². The van der Waals surface area contributed by atoms with Crippen LogP contribution in [0.5, 0.6) is 5.75 Å². The van der Waals surface area contributed by atoms with Gasteiger partial charge in [0.1, 0.15) is 5.75 Å². The smallest absolute Gasteiger partial charge is 0.335 e. The van der Waals surface area contributed by atoms with Crippen molar-refractivity contribution in [2.75, 3.05) is 10.3 Å². The van der Waals surface area contributed by atoms with Crippen molar-refractivity contribution >= 4 is 40.3 Å². The molecule has 1 heterocycles. The van der Waals surface area contributed by atoms with E-state index in [-0.39, 0.29) is 34.0 Å². The van der Waals surface area contributed by atoms with E-state index in [4.69, 9.17) is 0 Å². The number of carbonyl (C=O) groups is 2. The minimum atomic E-state index is -1.10. The molecule has 0 fully saturated rings. The van der Waals surface area contributed by atoms with Gasteiger partial charge in [-0.1, -0.05) is 30.3 Å². The summed E-state index contributed by atoms with van der Waals surface area (Å²) in [5.41, 5.74) is 6.83. The molecule has 3 N–H and O–H groups in total. The highest BCUT2D eigenvalue weighted by atomic mass is 16.6. The first-order chi connectivity index (χ1) is 18.7. The highest BCUT2D eigenvalue weighted by molar-refractivity contribution is 6.55. The van der Waals surface area contributed by atoms with Crippen LogP contribution >= 0.6 is 0 Å². The summed E-state index contributed by atoms with van der Waals surface area (Å²) in [7, 11) is 0. The Bertz CT molecular complexity index is 1710. The Kier molecular flexibility index (Phi) is 6.29. The summed E-state index contributed by atoms with van der Waals surface area (Å²) in [6, 6.07) is 20.6. The molecule has 4 aromatic carbocycles. The lowest BCUT2D eigenvalue weighted by atomic mass is 10.0. The fraction of sp³-hybridized carbons (Fsp3) is 0.0690. The normalized spacial score (nSPS) is 13.4. The van der Waals surface area contributed by atoms with Gasteiger partial charge >= 0.3 is 5.97 Å². The lowest BCUT2D eigenvalue weighted by Crippen LogP contribution is -2.26. The number of aromatic hydroxyl groups is 1. The van der Waals surface area contributed by atoms with Gasteiger partial charge in [0.05, 0.1) is 21.9 Å². The molecule has 5 rings (SSSR count). The van der Waals surface area contributed by atoms with Crippen LogP contribution in [0.3, 0.4) is 0 Å². The number of para-hydroxylation sites is 1. The maximum atomic E-state index is 13.6. The van der Waals surface area contributed by atoms with Crippen LogP contribution < -0.4 is 10.3 Å². The Morgan fingerprint density at radius 2 is 1.72 bits per heavy atom. The van der Waals surface area contributed by atoms with E-state index in [2.05, 4.69) is 10.5 Å². The number of anilines is 3. The number of phenolic OH excluding ortho intramolecular Hbond substituents is 1. The molecule has 39 heavy (non-hydrogen) atoms. The molecular weight excluding hydrogens is 500 g/mol. The number of carboxylic acid groups (broad SMARTS) is 1. The Balaban J connectivity index is 1.56. The summed E-state index contributed by atoms with van der Waals surface area (Å²) in [5, 5.41) is 36.0. The number of fused-ring (bicyclic) bond motifs is 1. The topological polar surface area (TPSA) is 145 Å². The van der Waals surface area contributed by atoms with Crippen molar-refractivity contribution in [2.45, 2.75) is 13.8 Å². The van der Waals surface area contributed by atoms with Gasteiger partial charge in [0.2, 0.25) is 0 Å². The average Bonchev–Trinajstić information content (AvgIpc) is 3.20. The van der Waals surface area contributed by atoms with Crippen molar-refractivity contribution in [2.24, 2.45) is 5.10 Å². The van der Waals surface area contributed by atoms with Crippen LogP contribution in [-0.2, 0) is 4.79 Å². The number of nitro benzene ring substituents is 1. The highest BCUT2D eigenvalue weighted by Crippen LogP contribution is 2.39. The molecule has 1 aliphatic heterocycles. The van der Waals surface area contributed by atoms with Gasteiger partial charge in [-0.15, -0.1) is 0 Å². The van der Waals surface area contributed by atoms with E-state index in [1.54, 1.807) is 36.4 Å². The third-order valence-electron chi connectivity index (χ3n) is 6.59. The molecule has 0 spiro atoms. The number of carbonyl (C=O) groups excluding carboxylic acids is 1. The number of nitrogens with zero attached hydrogens (tertiary/aromatic N) is 3. The summed E-state index contributed by atoms with van der Waals surface area (Å²) in [4.78, 5) is 37.3. The second-order valence-electron chi connectivity index (χ2n) is 9.03. The lowest BCUT2D eigenvalue weighted by molar-refractivity contribution is -0.384. The molecule has 1 amide bonds. The quantitative estimate of drug-likeness (QED) is 0.165. The number of benzene rings is 4. The first-order valence-electron chi connectivity index (χ1n) is 11.9. The number of rotatable bonds is 6. The molecule has 0 bridgehead atoms. The Morgan fingerprint density at radius 1 is 0.949 bits per heavy atom. The zero-order valence-electron chi connectivity index (χ0n) is 20.9. The maximum absolute atomic E-state index is 13.6. The molecule has 194 valence electrons. The zero-order valence-corrected chi connectivity index (χ0v) is 20.9. The number of nitro groups is 1. The van der Waals surface area contributed by atoms with Crippen molar-refractivity contribution in [3.8, 4) is 16.9 Å². The van der Waals surface area contributed by atoms with Gasteiger partial charge in [-0.2, -0.15) is 5.10 Å². The largest absolute Gasteiger partial charge is 0.505 e. The maximum Gasteiger partial charge on any atom is 0.335 e. The molecule has 10 nitrogen and oxygen atoms in total. The minimum Gasteiger partial charge on any atom is -0.505 e. The van der Waals surface area contributed by atoms with Crippen LogP contribution in [0.4, 0.5) is 22.7 Å². The minimum absolute atomic E-state index is 0.0618. The number of amides is 1. The van der Waals surface area contributed by atoms with Crippen LogP contribution in [0.15, 0.2) is 84.0 Å². The van der Waals surface area contributed by atoms with Crippen molar-refractivity contribution in [1.82, 2.24) is 0 Å². The van der Waals surface area contributed by atoms with Gasteiger partial charge in [0, 0.05) is 28.9 Å². The second-order valence-corrected chi connectivity index (χ2v) is 9.03. The van der Waals surface area contributed by atoms with Crippen LogP contribution in [0.1, 0.15) is 27.0 Å². The predicted molar refractivity (Wildman–Crippen MR) is 147 cm³/mol. The van der Waals surface area contributed by atoms with Crippen molar-refractivity contribution in [3.05, 3.63) is 111 Å². The molecule has 1 aliphatic rings. The van der Waals surface area contributed by atoms with E-state index in [0.29, 0.717) is 22.5 Å². The number of carboxylic acids is 1. The number of non-ortho nitro benzene ring substituents is 1. The van der Waals surface area contributed by atoms with E-state index >= 15 is 0 Å². The monoisotopic (exact) mass is 522 g/mol. The third-order valence-corrected chi connectivity index (χ3v) is 6.59. The van der Waals surface area contributed by atoms with E-state index < -0.39 is 16.8 Å². The molecule has 0 aromatic heterocycles. The van der Waals surface area contributed by atoms with Crippen LogP contribution in [0.25, 0.3) is 11.1 Å². The molecule has 0 saturated heterocycles. The second kappa shape index (κ2) is 9.75. The molecule has 10 heteroatoms. The standard InChI is InChI=1S/C29H22N4O6/c1-16-9-10-20(13-17(16)2)32-25-12-11-21(33(38)39)15-23(25)26(28(32)35)31-30-24-8-4-7-22(27(24)34)18-5-3-6-19(14-18)29(36)37/h3-15,30,34H,1-2H3,(H,36,37)/b31-26-. The molecule has 0 saturated carbocycles. The SMILES string of the molecule is Cc1ccc(N2C(=O)/C(=N\Nc3cccc(-c4cccc(C(=O)O)c4)c3O)c3cc([N+](=O)[O-])ccc32)cc1C. The van der Waals surface area contributed by atoms with E-state index in [9.17, 15) is 29.9 Å². The van der Waals surface area contributed by atoms with E-state index in [0.717, 1.165) is 11.1 Å². The molecule has 4 aromatic rings. The molecule has 0 radical (unpaired) electrons. The van der Waals surface area contributed by atoms with Gasteiger partial charge in [0.15, 0.2) is 5.71 Å². The summed E-state index contributed by atoms with van der Waals surface area (Å²) in [6.45, 7) is 3.88. The predicted octanol–water partition coefficient (Wildman–Crippen LogP) is 5.78. The van der Waals surface area contributed by atoms with Crippen molar-refractivity contribution < 1.29 is 24.7 Å². The van der Waals surface area contributed by atoms with Gasteiger partial charge in [-0.05, 0) is 66.9 Å². The zero-order chi connectivity index (χ0) is 27.8. The number of aryl methyl sites for hydroxylation is 2. The number of phenols is 1. The van der Waals surface area contributed by atoms with E-state index in [1.165, 1.54) is 35.2 Å². The fourth-order valence-electron chi connectivity index (χ4n) is 4.38. The highest BCUT2D eigenvalue weighted by Gasteiger charge is 2.37. The van der Waals surface area contributed by atoms with Gasteiger partial charge < -0.3 is 10.2 Å². The Morgan fingerprint density at radius 3 is 2.44 bits per heavy atom. The number of hydrogen-bond acceptors (Lipinski definition) is 7. The van der Waals surface area contributed by atoms with Crippen LogP contribution in [-0.4, -0.2) is 32.7 Å². The summed E-state index contributed by atoms with van der Waals surface area (Å²) in [5.74, 6) is -1.80. The molecule has 0 unspecified atom stereocenters. The summed E-state index contributed by atoms with van der Waals surface area (Å²) >= 11 is 0.